The van der Waals surface area contributed by atoms with Crippen LogP contribution < -0.4 is 0 Å². The maximum atomic E-state index is 9.40. The number of nitriles is 1. The minimum absolute atomic E-state index is 0.105. The highest BCUT2D eigenvalue weighted by Gasteiger charge is 2.10. The van der Waals surface area contributed by atoms with Crippen LogP contribution in [0.25, 0.3) is 0 Å². The second-order valence-electron chi connectivity index (χ2n) is 2.29. The Bertz CT molecular complexity index is 313. The fourth-order valence-electron chi connectivity index (χ4n) is 0.777. The Balaban J connectivity index is 2.87. The van der Waals surface area contributed by atoms with Gasteiger partial charge in [-0.2, -0.15) is 5.26 Å². The third-order valence-electron chi connectivity index (χ3n) is 1.44. The third kappa shape index (κ3) is 1.68. The van der Waals surface area contributed by atoms with Gasteiger partial charge in [0.2, 0.25) is 0 Å². The van der Waals surface area contributed by atoms with Gasteiger partial charge in [0.15, 0.2) is 0 Å². The predicted octanol–water partition coefficient (Wildman–Crippen LogP) is 1.19. The lowest BCUT2D eigenvalue weighted by atomic mass is 10.1. The van der Waals surface area contributed by atoms with Crippen molar-refractivity contribution in [1.29, 1.82) is 5.26 Å². The molecule has 3 nitrogen and oxygen atoms in total. The topological polar surface area (TPSA) is 56.9 Å². The second kappa shape index (κ2) is 3.65. The van der Waals surface area contributed by atoms with Crippen molar-refractivity contribution in [3.63, 3.8) is 0 Å². The van der Waals surface area contributed by atoms with Crippen LogP contribution in [0, 0.1) is 11.3 Å². The fraction of sp³-hybridized carbons (Fsp3) is 0.111. The molecule has 1 aromatic heterocycles. The van der Waals surface area contributed by atoms with Crippen LogP contribution in [0.3, 0.4) is 0 Å². The summed E-state index contributed by atoms with van der Waals surface area (Å²) in [5, 5.41) is 17.8. The van der Waals surface area contributed by atoms with E-state index in [1.807, 2.05) is 0 Å². The first-order valence-corrected chi connectivity index (χ1v) is 3.43. The highest BCUT2D eigenvalue weighted by molar-refractivity contribution is 5.27. The first-order valence-electron chi connectivity index (χ1n) is 3.43. The van der Waals surface area contributed by atoms with E-state index in [4.69, 9.17) is 5.26 Å². The van der Waals surface area contributed by atoms with Gasteiger partial charge in [0, 0.05) is 6.20 Å². The van der Waals surface area contributed by atoms with E-state index in [-0.39, 0.29) is 5.57 Å². The smallest absolute Gasteiger partial charge is 0.130 e. The molecule has 0 aliphatic heterocycles. The summed E-state index contributed by atoms with van der Waals surface area (Å²) in [5.41, 5.74) is 0.553. The van der Waals surface area contributed by atoms with Gasteiger partial charge in [-0.05, 0) is 12.1 Å². The van der Waals surface area contributed by atoms with Crippen LogP contribution in [-0.4, -0.2) is 10.1 Å². The molecule has 0 bridgehead atoms. The Morgan fingerprint density at radius 2 is 2.42 bits per heavy atom. The molecule has 0 saturated carbocycles. The van der Waals surface area contributed by atoms with Gasteiger partial charge in [0.05, 0.1) is 17.3 Å². The van der Waals surface area contributed by atoms with Crippen LogP contribution in [0.15, 0.2) is 36.5 Å². The molecule has 0 aliphatic rings. The first kappa shape index (κ1) is 8.44. The largest absolute Gasteiger partial charge is 0.381 e. The summed E-state index contributed by atoms with van der Waals surface area (Å²) >= 11 is 0. The molecule has 0 spiro atoms. The molecule has 1 heterocycles. The van der Waals surface area contributed by atoms with Gasteiger partial charge in [-0.25, -0.2) is 0 Å². The Morgan fingerprint density at radius 3 is 2.92 bits per heavy atom. The van der Waals surface area contributed by atoms with E-state index in [0.29, 0.717) is 5.69 Å². The Kier molecular flexibility index (Phi) is 2.57. The van der Waals surface area contributed by atoms with Gasteiger partial charge in [-0.3, -0.25) is 4.98 Å². The number of hydrogen-bond acceptors (Lipinski definition) is 3. The summed E-state index contributed by atoms with van der Waals surface area (Å²) in [6.45, 7) is 3.40. The minimum Gasteiger partial charge on any atom is -0.381 e. The fourth-order valence-corrected chi connectivity index (χ4v) is 0.777. The molecule has 0 fully saturated rings. The molecule has 1 atom stereocenters. The molecule has 0 aliphatic carbocycles. The van der Waals surface area contributed by atoms with E-state index in [1.54, 1.807) is 30.5 Å². The third-order valence-corrected chi connectivity index (χ3v) is 1.44. The van der Waals surface area contributed by atoms with Crippen LogP contribution in [-0.2, 0) is 0 Å². The molecular weight excluding hydrogens is 152 g/mol. The SMILES string of the molecule is C=C(C#N)[C@@H](O)c1ccccn1. The summed E-state index contributed by atoms with van der Waals surface area (Å²) in [6.07, 6.45) is 0.583. The van der Waals surface area contributed by atoms with E-state index in [0.717, 1.165) is 0 Å². The Labute approximate surface area is 70.6 Å². The molecule has 0 unspecified atom stereocenters. The van der Waals surface area contributed by atoms with Crippen molar-refractivity contribution < 1.29 is 5.11 Å². The molecule has 12 heavy (non-hydrogen) atoms. The van der Waals surface area contributed by atoms with Crippen molar-refractivity contribution in [2.75, 3.05) is 0 Å². The summed E-state index contributed by atoms with van der Waals surface area (Å²) < 4.78 is 0. The van der Waals surface area contributed by atoms with Gasteiger partial charge in [0.1, 0.15) is 6.10 Å². The molecule has 0 amide bonds. The molecule has 1 N–H and O–H groups in total. The van der Waals surface area contributed by atoms with Crippen LogP contribution in [0.1, 0.15) is 11.8 Å². The lowest BCUT2D eigenvalue weighted by molar-refractivity contribution is 0.216. The van der Waals surface area contributed by atoms with E-state index in [2.05, 4.69) is 11.6 Å². The number of nitrogens with zero attached hydrogens (tertiary/aromatic N) is 2. The summed E-state index contributed by atoms with van der Waals surface area (Å²) in [6, 6.07) is 6.91. The second-order valence-corrected chi connectivity index (χ2v) is 2.29. The highest BCUT2D eigenvalue weighted by Crippen LogP contribution is 2.15. The van der Waals surface area contributed by atoms with Crippen LogP contribution >= 0.6 is 0 Å². The zero-order valence-electron chi connectivity index (χ0n) is 6.44. The molecule has 1 rings (SSSR count). The van der Waals surface area contributed by atoms with E-state index >= 15 is 0 Å². The van der Waals surface area contributed by atoms with Gasteiger partial charge < -0.3 is 5.11 Å². The zero-order chi connectivity index (χ0) is 8.97. The first-order chi connectivity index (χ1) is 5.75. The molecule has 0 radical (unpaired) electrons. The number of aromatic nitrogens is 1. The maximum Gasteiger partial charge on any atom is 0.130 e. The molecule has 60 valence electrons. The average Bonchev–Trinajstić information content (AvgIpc) is 2.17. The van der Waals surface area contributed by atoms with Crippen LogP contribution in [0.2, 0.25) is 0 Å². The summed E-state index contributed by atoms with van der Waals surface area (Å²) in [4.78, 5) is 3.89. The standard InChI is InChI=1S/C9H8N2O/c1-7(6-10)9(12)8-4-2-3-5-11-8/h2-5,9,12H,1H2/t9-/m1/s1. The summed E-state index contributed by atoms with van der Waals surface area (Å²) in [7, 11) is 0. The molecule has 0 aromatic carbocycles. The molecule has 0 saturated heterocycles. The molecule has 1 aromatic rings. The summed E-state index contributed by atoms with van der Waals surface area (Å²) in [5.74, 6) is 0. The van der Waals surface area contributed by atoms with Crippen LogP contribution in [0.5, 0.6) is 0 Å². The monoisotopic (exact) mass is 160 g/mol. The lowest BCUT2D eigenvalue weighted by Crippen LogP contribution is -2.00. The lowest BCUT2D eigenvalue weighted by Gasteiger charge is -2.05. The number of aliphatic hydroxyl groups excluding tert-OH is 1. The van der Waals surface area contributed by atoms with Crippen molar-refractivity contribution in [2.45, 2.75) is 6.10 Å². The number of aliphatic hydroxyl groups is 1. The van der Waals surface area contributed by atoms with E-state index in [1.165, 1.54) is 0 Å². The van der Waals surface area contributed by atoms with Crippen LogP contribution in [0.4, 0.5) is 0 Å². The zero-order valence-corrected chi connectivity index (χ0v) is 6.44. The minimum atomic E-state index is -0.976. The number of rotatable bonds is 2. The van der Waals surface area contributed by atoms with Crippen molar-refractivity contribution in [2.24, 2.45) is 0 Å². The number of hydrogen-bond donors (Lipinski definition) is 1. The van der Waals surface area contributed by atoms with Crippen molar-refractivity contribution in [3.05, 3.63) is 42.2 Å². The quantitative estimate of drug-likeness (QED) is 0.661. The van der Waals surface area contributed by atoms with E-state index in [9.17, 15) is 5.11 Å². The van der Waals surface area contributed by atoms with Gasteiger partial charge in [-0.15, -0.1) is 0 Å². The average molecular weight is 160 g/mol. The number of pyridine rings is 1. The van der Waals surface area contributed by atoms with Crippen molar-refractivity contribution >= 4 is 0 Å². The molecular formula is C9H8N2O. The maximum absolute atomic E-state index is 9.40. The highest BCUT2D eigenvalue weighted by atomic mass is 16.3. The predicted molar refractivity (Wildman–Crippen MR) is 43.9 cm³/mol. The van der Waals surface area contributed by atoms with Gasteiger partial charge in [0.25, 0.3) is 0 Å². The normalized spacial score (nSPS) is 11.7. The van der Waals surface area contributed by atoms with Gasteiger partial charge in [-0.1, -0.05) is 12.6 Å². The van der Waals surface area contributed by atoms with Gasteiger partial charge >= 0.3 is 0 Å². The van der Waals surface area contributed by atoms with E-state index < -0.39 is 6.10 Å². The van der Waals surface area contributed by atoms with Crippen molar-refractivity contribution in [1.82, 2.24) is 4.98 Å². The molecule has 3 heteroatoms. The Morgan fingerprint density at radius 1 is 1.67 bits per heavy atom. The van der Waals surface area contributed by atoms with Crippen molar-refractivity contribution in [3.8, 4) is 6.07 Å². The Hall–Kier alpha value is -1.66.